The predicted molar refractivity (Wildman–Crippen MR) is 60.2 cm³/mol. The van der Waals surface area contributed by atoms with Gasteiger partial charge in [0.15, 0.2) is 6.10 Å². The average molecular weight is 220 g/mol. The van der Waals surface area contributed by atoms with Crippen molar-refractivity contribution in [3.8, 4) is 5.75 Å². The highest BCUT2D eigenvalue weighted by Crippen LogP contribution is 2.38. The molecule has 0 radical (unpaired) electrons. The summed E-state index contributed by atoms with van der Waals surface area (Å²) in [7, 11) is 0. The summed E-state index contributed by atoms with van der Waals surface area (Å²) in [5.74, 6) is 0.266. The third-order valence-corrected chi connectivity index (χ3v) is 2.54. The number of carbonyl (C=O) groups excluding carboxylic acids is 1. The topological polar surface area (TPSA) is 38.8 Å². The number of para-hydroxylation sites is 1. The number of hydrogen-bond acceptors (Lipinski definition) is 3. The zero-order valence-electron chi connectivity index (χ0n) is 9.77. The largest absolute Gasteiger partial charge is 0.425 e. The smallest absolute Gasteiger partial charge is 0.343 e. The lowest BCUT2D eigenvalue weighted by atomic mass is 9.90. The second kappa shape index (κ2) is 3.91. The van der Waals surface area contributed by atoms with Gasteiger partial charge in [0.1, 0.15) is 11.9 Å². The van der Waals surface area contributed by atoms with Crippen LogP contribution < -0.4 is 4.74 Å². The molecule has 2 atom stereocenters. The van der Waals surface area contributed by atoms with E-state index in [4.69, 9.17) is 9.47 Å². The summed E-state index contributed by atoms with van der Waals surface area (Å²) >= 11 is 0. The fourth-order valence-corrected chi connectivity index (χ4v) is 1.61. The number of ether oxygens (including phenoxy) is 2. The Kier molecular flexibility index (Phi) is 2.72. The Morgan fingerprint density at radius 3 is 2.38 bits per heavy atom. The van der Waals surface area contributed by atoms with E-state index in [2.05, 4.69) is 0 Å². The van der Waals surface area contributed by atoms with Crippen LogP contribution in [0.5, 0.6) is 5.75 Å². The highest BCUT2D eigenvalue weighted by atomic mass is 16.6. The minimum absolute atomic E-state index is 0.0135. The molecule has 3 heteroatoms. The minimum atomic E-state index is -0.403. The van der Waals surface area contributed by atoms with Gasteiger partial charge in [-0.1, -0.05) is 39.0 Å². The zero-order chi connectivity index (χ0) is 11.8. The summed E-state index contributed by atoms with van der Waals surface area (Å²) < 4.78 is 10.5. The van der Waals surface area contributed by atoms with Crippen LogP contribution >= 0.6 is 0 Å². The Bertz CT molecular complexity index is 378. The van der Waals surface area contributed by atoms with E-state index in [1.165, 1.54) is 0 Å². The van der Waals surface area contributed by atoms with E-state index in [9.17, 15) is 4.79 Å². The Morgan fingerprint density at radius 1 is 1.25 bits per heavy atom. The number of esters is 1. The molecule has 16 heavy (non-hydrogen) atoms. The van der Waals surface area contributed by atoms with E-state index in [0.717, 1.165) is 0 Å². The SMILES string of the molecule is CC(C)(C)[C@H]1O[C@@H]1C(=O)Oc1ccccc1. The standard InChI is InChI=1S/C13H16O3/c1-13(2,3)11-10(16-11)12(14)15-9-7-5-4-6-8-9/h4-8,10-11H,1-3H3/t10-,11-/m0/s1. The van der Waals surface area contributed by atoms with E-state index in [1.54, 1.807) is 12.1 Å². The van der Waals surface area contributed by atoms with Gasteiger partial charge < -0.3 is 9.47 Å². The lowest BCUT2D eigenvalue weighted by Gasteiger charge is -2.13. The van der Waals surface area contributed by atoms with Crippen LogP contribution in [0.15, 0.2) is 30.3 Å². The lowest BCUT2D eigenvalue weighted by Crippen LogP contribution is -2.23. The van der Waals surface area contributed by atoms with Gasteiger partial charge in [0.25, 0.3) is 0 Å². The molecular weight excluding hydrogens is 204 g/mol. The van der Waals surface area contributed by atoms with Crippen LogP contribution in [-0.4, -0.2) is 18.2 Å². The first-order chi connectivity index (χ1) is 7.48. The maximum absolute atomic E-state index is 11.7. The molecule has 1 saturated heterocycles. The van der Waals surface area contributed by atoms with Crippen molar-refractivity contribution < 1.29 is 14.3 Å². The van der Waals surface area contributed by atoms with Crippen molar-refractivity contribution in [1.82, 2.24) is 0 Å². The number of benzene rings is 1. The van der Waals surface area contributed by atoms with Crippen LogP contribution in [0, 0.1) is 5.41 Å². The molecule has 3 nitrogen and oxygen atoms in total. The summed E-state index contributed by atoms with van der Waals surface area (Å²) in [4.78, 5) is 11.7. The number of carbonyl (C=O) groups is 1. The summed E-state index contributed by atoms with van der Waals surface area (Å²) in [6, 6.07) is 9.05. The fraction of sp³-hybridized carbons (Fsp3) is 0.462. The van der Waals surface area contributed by atoms with Gasteiger partial charge in [-0.3, -0.25) is 0 Å². The minimum Gasteiger partial charge on any atom is -0.425 e. The maximum Gasteiger partial charge on any atom is 0.343 e. The quantitative estimate of drug-likeness (QED) is 0.436. The molecule has 0 aliphatic carbocycles. The van der Waals surface area contributed by atoms with Gasteiger partial charge in [-0.2, -0.15) is 0 Å². The molecule has 86 valence electrons. The van der Waals surface area contributed by atoms with Gasteiger partial charge in [-0.25, -0.2) is 4.79 Å². The molecular formula is C13H16O3. The highest BCUT2D eigenvalue weighted by molar-refractivity contribution is 5.80. The van der Waals surface area contributed by atoms with Gasteiger partial charge in [-0.15, -0.1) is 0 Å². The number of rotatable bonds is 2. The van der Waals surface area contributed by atoms with E-state index in [0.29, 0.717) is 5.75 Å². The Labute approximate surface area is 95.4 Å². The van der Waals surface area contributed by atoms with Crippen LogP contribution in [0.25, 0.3) is 0 Å². The molecule has 0 bridgehead atoms. The molecule has 1 aromatic rings. The molecule has 0 spiro atoms. The molecule has 0 saturated carbocycles. The van der Waals surface area contributed by atoms with Crippen LogP contribution in [0.2, 0.25) is 0 Å². The third-order valence-electron chi connectivity index (χ3n) is 2.54. The Hall–Kier alpha value is -1.35. The van der Waals surface area contributed by atoms with Crippen LogP contribution in [-0.2, 0) is 9.53 Å². The molecule has 1 fully saturated rings. The Morgan fingerprint density at radius 2 is 1.88 bits per heavy atom. The summed E-state index contributed by atoms with van der Waals surface area (Å²) in [5.41, 5.74) is -0.0135. The van der Waals surface area contributed by atoms with Crippen molar-refractivity contribution >= 4 is 5.97 Å². The van der Waals surface area contributed by atoms with E-state index in [1.807, 2.05) is 39.0 Å². The first-order valence-corrected chi connectivity index (χ1v) is 5.41. The van der Waals surface area contributed by atoms with Crippen LogP contribution in [0.3, 0.4) is 0 Å². The van der Waals surface area contributed by atoms with E-state index < -0.39 is 6.10 Å². The van der Waals surface area contributed by atoms with Gasteiger partial charge >= 0.3 is 5.97 Å². The number of epoxide rings is 1. The first kappa shape index (κ1) is 11.1. The first-order valence-electron chi connectivity index (χ1n) is 5.41. The molecule has 0 unspecified atom stereocenters. The molecule has 0 aromatic heterocycles. The second-order valence-corrected chi connectivity index (χ2v) is 5.08. The number of hydrogen-bond donors (Lipinski definition) is 0. The molecule has 1 heterocycles. The normalized spacial score (nSPS) is 23.9. The van der Waals surface area contributed by atoms with Crippen LogP contribution in [0.1, 0.15) is 20.8 Å². The average Bonchev–Trinajstić information content (AvgIpc) is 2.97. The summed E-state index contributed by atoms with van der Waals surface area (Å²) in [6.07, 6.45) is -0.427. The summed E-state index contributed by atoms with van der Waals surface area (Å²) in [6.45, 7) is 6.15. The predicted octanol–water partition coefficient (Wildman–Crippen LogP) is 2.41. The van der Waals surface area contributed by atoms with E-state index in [-0.39, 0.29) is 17.5 Å². The van der Waals surface area contributed by atoms with Crippen molar-refractivity contribution in [1.29, 1.82) is 0 Å². The monoisotopic (exact) mass is 220 g/mol. The highest BCUT2D eigenvalue weighted by Gasteiger charge is 2.53. The van der Waals surface area contributed by atoms with E-state index >= 15 is 0 Å². The van der Waals surface area contributed by atoms with Gasteiger partial charge in [0.05, 0.1) is 0 Å². The third kappa shape index (κ3) is 2.42. The second-order valence-electron chi connectivity index (χ2n) is 5.08. The van der Waals surface area contributed by atoms with Crippen molar-refractivity contribution in [2.24, 2.45) is 5.41 Å². The van der Waals surface area contributed by atoms with Crippen molar-refractivity contribution in [2.45, 2.75) is 33.0 Å². The molecule has 1 aliphatic rings. The molecule has 0 N–H and O–H groups in total. The Balaban J connectivity index is 1.92. The molecule has 2 rings (SSSR count). The maximum atomic E-state index is 11.7. The van der Waals surface area contributed by atoms with Crippen molar-refractivity contribution in [2.75, 3.05) is 0 Å². The fourth-order valence-electron chi connectivity index (χ4n) is 1.61. The summed E-state index contributed by atoms with van der Waals surface area (Å²) in [5, 5.41) is 0. The molecule has 0 amide bonds. The molecule has 1 aromatic carbocycles. The molecule has 1 aliphatic heterocycles. The zero-order valence-corrected chi connectivity index (χ0v) is 9.77. The van der Waals surface area contributed by atoms with Crippen LogP contribution in [0.4, 0.5) is 0 Å². The van der Waals surface area contributed by atoms with Gasteiger partial charge in [0.2, 0.25) is 0 Å². The lowest BCUT2D eigenvalue weighted by molar-refractivity contribution is -0.135. The van der Waals surface area contributed by atoms with Gasteiger partial charge in [0, 0.05) is 0 Å². The van der Waals surface area contributed by atoms with Crippen molar-refractivity contribution in [3.63, 3.8) is 0 Å². The van der Waals surface area contributed by atoms with Crippen molar-refractivity contribution in [3.05, 3.63) is 30.3 Å². The van der Waals surface area contributed by atoms with Gasteiger partial charge in [-0.05, 0) is 17.5 Å².